The zero-order valence-electron chi connectivity index (χ0n) is 15.4. The summed E-state index contributed by atoms with van der Waals surface area (Å²) in [5.74, 6) is -1.74. The minimum absolute atomic E-state index is 0.144. The Balaban J connectivity index is 3.21. The first-order valence-corrected chi connectivity index (χ1v) is 8.04. The SMILES string of the molecule is CC1=C(C)C(=O)C(CC(CCN(C)C)C(C)(O)C(N)=O)=C(C)C1=O. The van der Waals surface area contributed by atoms with Crippen LogP contribution in [0.3, 0.4) is 0 Å². The Morgan fingerprint density at radius 2 is 1.62 bits per heavy atom. The summed E-state index contributed by atoms with van der Waals surface area (Å²) in [7, 11) is 3.76. The highest BCUT2D eigenvalue weighted by Crippen LogP contribution is 2.33. The third-order valence-electron chi connectivity index (χ3n) is 4.98. The molecular formula is C18H28N2O4. The van der Waals surface area contributed by atoms with E-state index < -0.39 is 17.4 Å². The number of hydrogen-bond donors (Lipinski definition) is 2. The van der Waals surface area contributed by atoms with Crippen LogP contribution in [0.15, 0.2) is 22.3 Å². The molecule has 2 unspecified atom stereocenters. The van der Waals surface area contributed by atoms with Crippen molar-refractivity contribution < 1.29 is 19.5 Å². The van der Waals surface area contributed by atoms with Crippen LogP contribution in [0.2, 0.25) is 0 Å². The van der Waals surface area contributed by atoms with Crippen LogP contribution in [0, 0.1) is 5.92 Å². The second-order valence-corrected chi connectivity index (χ2v) is 7.02. The van der Waals surface area contributed by atoms with Gasteiger partial charge in [0.05, 0.1) is 0 Å². The highest BCUT2D eigenvalue weighted by Gasteiger charge is 2.40. The first-order chi connectivity index (χ1) is 10.9. The van der Waals surface area contributed by atoms with E-state index in [0.717, 1.165) is 0 Å². The van der Waals surface area contributed by atoms with E-state index in [9.17, 15) is 19.5 Å². The van der Waals surface area contributed by atoms with Crippen molar-refractivity contribution in [1.29, 1.82) is 0 Å². The van der Waals surface area contributed by atoms with Gasteiger partial charge in [0.15, 0.2) is 11.6 Å². The minimum atomic E-state index is -1.75. The molecule has 1 rings (SSSR count). The van der Waals surface area contributed by atoms with Crippen LogP contribution >= 0.6 is 0 Å². The van der Waals surface area contributed by atoms with Crippen molar-refractivity contribution in [2.75, 3.05) is 20.6 Å². The molecule has 1 aliphatic carbocycles. The highest BCUT2D eigenvalue weighted by atomic mass is 16.3. The Bertz CT molecular complexity index is 627. The van der Waals surface area contributed by atoms with Crippen molar-refractivity contribution in [2.24, 2.45) is 11.7 Å². The number of carbonyl (C=O) groups excluding carboxylic acids is 3. The molecule has 0 radical (unpaired) electrons. The predicted molar refractivity (Wildman–Crippen MR) is 92.2 cm³/mol. The summed E-state index contributed by atoms with van der Waals surface area (Å²) in [5, 5.41) is 10.5. The monoisotopic (exact) mass is 336 g/mol. The lowest BCUT2D eigenvalue weighted by molar-refractivity contribution is -0.140. The van der Waals surface area contributed by atoms with Gasteiger partial charge in [-0.1, -0.05) is 0 Å². The van der Waals surface area contributed by atoms with Crippen LogP contribution in [0.1, 0.15) is 40.5 Å². The number of hydrogen-bond acceptors (Lipinski definition) is 5. The predicted octanol–water partition coefficient (Wildman–Crippen LogP) is 0.985. The molecule has 0 aromatic heterocycles. The molecular weight excluding hydrogens is 308 g/mol. The first kappa shape index (κ1) is 20.3. The second-order valence-electron chi connectivity index (χ2n) is 7.02. The number of rotatable bonds is 7. The van der Waals surface area contributed by atoms with Gasteiger partial charge in [-0.2, -0.15) is 0 Å². The van der Waals surface area contributed by atoms with Crippen LogP contribution in [0.4, 0.5) is 0 Å². The third-order valence-corrected chi connectivity index (χ3v) is 4.98. The van der Waals surface area contributed by atoms with E-state index >= 15 is 0 Å². The first-order valence-electron chi connectivity index (χ1n) is 8.04. The molecule has 3 N–H and O–H groups in total. The zero-order chi connectivity index (χ0) is 18.8. The van der Waals surface area contributed by atoms with E-state index in [-0.39, 0.29) is 18.0 Å². The van der Waals surface area contributed by atoms with Gasteiger partial charge in [0, 0.05) is 28.2 Å². The Kier molecular flexibility index (Phi) is 6.25. The molecule has 0 aromatic carbocycles. The number of aliphatic hydroxyl groups is 1. The largest absolute Gasteiger partial charge is 0.380 e. The van der Waals surface area contributed by atoms with Crippen molar-refractivity contribution >= 4 is 17.5 Å². The molecule has 0 heterocycles. The molecule has 0 saturated heterocycles. The van der Waals surface area contributed by atoms with Gasteiger partial charge in [0.1, 0.15) is 5.60 Å². The zero-order valence-corrected chi connectivity index (χ0v) is 15.4. The van der Waals surface area contributed by atoms with Crippen molar-refractivity contribution in [1.82, 2.24) is 4.90 Å². The van der Waals surface area contributed by atoms with Crippen molar-refractivity contribution in [3.8, 4) is 0 Å². The molecule has 0 fully saturated rings. The smallest absolute Gasteiger partial charge is 0.249 e. The maximum absolute atomic E-state index is 12.6. The summed E-state index contributed by atoms with van der Waals surface area (Å²) < 4.78 is 0. The van der Waals surface area contributed by atoms with Crippen molar-refractivity contribution in [2.45, 2.75) is 46.1 Å². The summed E-state index contributed by atoms with van der Waals surface area (Å²) in [6.07, 6.45) is 0.619. The molecule has 6 nitrogen and oxygen atoms in total. The molecule has 2 atom stereocenters. The van der Waals surface area contributed by atoms with Gasteiger partial charge in [-0.15, -0.1) is 0 Å². The normalized spacial score (nSPS) is 19.8. The van der Waals surface area contributed by atoms with Crippen LogP contribution in [0.5, 0.6) is 0 Å². The lowest BCUT2D eigenvalue weighted by Gasteiger charge is -2.32. The number of carbonyl (C=O) groups is 3. The Morgan fingerprint density at radius 1 is 1.12 bits per heavy atom. The van der Waals surface area contributed by atoms with Gasteiger partial charge in [0.2, 0.25) is 5.91 Å². The van der Waals surface area contributed by atoms with Gasteiger partial charge in [0.25, 0.3) is 0 Å². The van der Waals surface area contributed by atoms with Crippen LogP contribution in [0.25, 0.3) is 0 Å². The van der Waals surface area contributed by atoms with Crippen LogP contribution in [-0.4, -0.2) is 53.7 Å². The lowest BCUT2D eigenvalue weighted by Crippen LogP contribution is -2.48. The van der Waals surface area contributed by atoms with E-state index in [1.54, 1.807) is 20.8 Å². The molecule has 0 aromatic rings. The number of nitrogens with two attached hydrogens (primary N) is 1. The average molecular weight is 336 g/mol. The molecule has 24 heavy (non-hydrogen) atoms. The third kappa shape index (κ3) is 3.99. The highest BCUT2D eigenvalue weighted by molar-refractivity contribution is 6.24. The number of nitrogens with zero attached hydrogens (tertiary/aromatic N) is 1. The van der Waals surface area contributed by atoms with E-state index in [1.807, 2.05) is 19.0 Å². The van der Waals surface area contributed by atoms with Crippen molar-refractivity contribution in [3.63, 3.8) is 0 Å². The molecule has 1 aliphatic rings. The summed E-state index contributed by atoms with van der Waals surface area (Å²) in [6.45, 7) is 6.88. The number of Topliss-reactive ketones (excluding diaryl/α,β-unsaturated/α-hetero) is 2. The van der Waals surface area contributed by atoms with E-state index in [4.69, 9.17) is 5.73 Å². The molecule has 134 valence electrons. The minimum Gasteiger partial charge on any atom is -0.380 e. The number of allylic oxidation sites excluding steroid dienone is 4. The topological polar surface area (TPSA) is 101 Å². The quantitative estimate of drug-likeness (QED) is 0.675. The van der Waals surface area contributed by atoms with Crippen molar-refractivity contribution in [3.05, 3.63) is 22.3 Å². The fourth-order valence-electron chi connectivity index (χ4n) is 2.84. The van der Waals surface area contributed by atoms with Gasteiger partial charge >= 0.3 is 0 Å². The summed E-state index contributed by atoms with van der Waals surface area (Å²) in [6, 6.07) is 0. The Hall–Kier alpha value is -1.79. The summed E-state index contributed by atoms with van der Waals surface area (Å²) >= 11 is 0. The molecule has 0 saturated carbocycles. The van der Waals surface area contributed by atoms with Gasteiger partial charge in [-0.05, 0) is 61.2 Å². The lowest BCUT2D eigenvalue weighted by atomic mass is 9.76. The number of amides is 1. The Morgan fingerprint density at radius 3 is 2.08 bits per heavy atom. The molecule has 6 heteroatoms. The maximum Gasteiger partial charge on any atom is 0.249 e. The van der Waals surface area contributed by atoms with Gasteiger partial charge in [-0.3, -0.25) is 14.4 Å². The fourth-order valence-corrected chi connectivity index (χ4v) is 2.84. The van der Waals surface area contributed by atoms with E-state index in [0.29, 0.717) is 35.3 Å². The summed E-state index contributed by atoms with van der Waals surface area (Å²) in [4.78, 5) is 38.5. The number of ketones is 2. The van der Waals surface area contributed by atoms with E-state index in [2.05, 4.69) is 0 Å². The molecule has 0 bridgehead atoms. The molecule has 1 amide bonds. The average Bonchev–Trinajstić information content (AvgIpc) is 2.49. The van der Waals surface area contributed by atoms with Gasteiger partial charge < -0.3 is 15.7 Å². The van der Waals surface area contributed by atoms with Crippen LogP contribution in [-0.2, 0) is 14.4 Å². The molecule has 0 spiro atoms. The molecule has 0 aliphatic heterocycles. The standard InChI is InChI=1S/C18H28N2O4/c1-10-11(2)16(22)14(12(3)15(10)21)9-13(7-8-20(5)6)18(4,24)17(19)23/h13,24H,7-9H2,1-6H3,(H2,19,23). The second kappa shape index (κ2) is 7.40. The van der Waals surface area contributed by atoms with Gasteiger partial charge in [-0.25, -0.2) is 0 Å². The summed E-state index contributed by atoms with van der Waals surface area (Å²) in [5.41, 5.74) is 5.23. The Labute approximate surface area is 143 Å². The maximum atomic E-state index is 12.6. The van der Waals surface area contributed by atoms with E-state index in [1.165, 1.54) is 6.92 Å². The van der Waals surface area contributed by atoms with Crippen LogP contribution < -0.4 is 5.73 Å². The fraction of sp³-hybridized carbons (Fsp3) is 0.611. The number of primary amides is 1.